The van der Waals surface area contributed by atoms with Crippen LogP contribution in [-0.4, -0.2) is 42.5 Å². The fourth-order valence-electron chi connectivity index (χ4n) is 4.46. The number of hydrogen-bond acceptors (Lipinski definition) is 6. The van der Waals surface area contributed by atoms with Crippen LogP contribution in [0.5, 0.6) is 0 Å². The van der Waals surface area contributed by atoms with Crippen LogP contribution in [0, 0.1) is 16.0 Å². The zero-order valence-corrected chi connectivity index (χ0v) is 17.9. The number of ether oxygens (including phenoxy) is 1. The molecule has 0 radical (unpaired) electrons. The largest absolute Gasteiger partial charge is 0.460 e. The van der Waals surface area contributed by atoms with Crippen molar-refractivity contribution in [2.45, 2.75) is 38.1 Å². The van der Waals surface area contributed by atoms with Gasteiger partial charge in [-0.05, 0) is 43.2 Å². The fraction of sp³-hybridized carbons (Fsp3) is 0.417. The van der Waals surface area contributed by atoms with Gasteiger partial charge in [0.1, 0.15) is 6.61 Å². The van der Waals surface area contributed by atoms with Gasteiger partial charge in [0.25, 0.3) is 5.69 Å². The molecule has 2 saturated heterocycles. The van der Waals surface area contributed by atoms with Crippen molar-refractivity contribution in [3.05, 3.63) is 69.8 Å². The van der Waals surface area contributed by atoms with Gasteiger partial charge in [-0.25, -0.2) is 4.79 Å². The molecule has 8 heteroatoms. The number of nitrogens with one attached hydrogen (secondary N) is 1. The first kappa shape index (κ1) is 21.8. The number of hydrogen-bond donors (Lipinski definition) is 1. The van der Waals surface area contributed by atoms with E-state index in [2.05, 4.69) is 34.5 Å². The Bertz CT molecular complexity index is 986. The van der Waals surface area contributed by atoms with Crippen molar-refractivity contribution in [2.75, 3.05) is 24.6 Å². The molecule has 0 aliphatic carbocycles. The first-order chi connectivity index (χ1) is 15.5. The molecule has 2 aromatic carbocycles. The van der Waals surface area contributed by atoms with Crippen molar-refractivity contribution in [2.24, 2.45) is 5.92 Å². The highest BCUT2D eigenvalue weighted by atomic mass is 16.6. The number of anilines is 1. The van der Waals surface area contributed by atoms with E-state index in [1.165, 1.54) is 17.7 Å². The van der Waals surface area contributed by atoms with Crippen LogP contribution in [-0.2, 0) is 16.0 Å². The van der Waals surface area contributed by atoms with Gasteiger partial charge >= 0.3 is 5.97 Å². The highest BCUT2D eigenvalue weighted by Crippen LogP contribution is 2.31. The average molecular weight is 437 g/mol. The minimum Gasteiger partial charge on any atom is -0.460 e. The number of esters is 1. The number of nitro groups is 1. The molecule has 2 aliphatic rings. The zero-order valence-electron chi connectivity index (χ0n) is 17.9. The molecule has 2 heterocycles. The lowest BCUT2D eigenvalue weighted by Gasteiger charge is -2.34. The molecule has 1 N–H and O–H groups in total. The topological polar surface area (TPSA) is 102 Å². The molecule has 2 aliphatic heterocycles. The Balaban J connectivity index is 1.44. The smallest absolute Gasteiger partial charge is 0.340 e. The van der Waals surface area contributed by atoms with Crippen LogP contribution in [0.2, 0.25) is 0 Å². The fourth-order valence-corrected chi connectivity index (χ4v) is 4.46. The molecule has 168 valence electrons. The third kappa shape index (κ3) is 5.25. The van der Waals surface area contributed by atoms with E-state index in [0.29, 0.717) is 24.4 Å². The van der Waals surface area contributed by atoms with E-state index in [4.69, 9.17) is 4.74 Å². The Labute approximate surface area is 186 Å². The van der Waals surface area contributed by atoms with E-state index in [-0.39, 0.29) is 29.8 Å². The van der Waals surface area contributed by atoms with Crippen molar-refractivity contribution in [1.82, 2.24) is 5.32 Å². The number of carbonyl (C=O) groups excluding carboxylic acids is 2. The number of nitrogens with zero attached hydrogens (tertiary/aromatic N) is 2. The number of non-ortho nitro benzene ring substituents is 1. The van der Waals surface area contributed by atoms with Gasteiger partial charge in [-0.3, -0.25) is 14.9 Å². The minimum absolute atomic E-state index is 0.0551. The Morgan fingerprint density at radius 3 is 2.53 bits per heavy atom. The van der Waals surface area contributed by atoms with E-state index in [9.17, 15) is 19.7 Å². The van der Waals surface area contributed by atoms with E-state index in [1.807, 2.05) is 6.07 Å². The van der Waals surface area contributed by atoms with E-state index < -0.39 is 10.9 Å². The lowest BCUT2D eigenvalue weighted by Crippen LogP contribution is -2.35. The zero-order chi connectivity index (χ0) is 22.5. The highest BCUT2D eigenvalue weighted by molar-refractivity contribution is 5.96. The maximum atomic E-state index is 12.8. The predicted molar refractivity (Wildman–Crippen MR) is 120 cm³/mol. The van der Waals surface area contributed by atoms with Gasteiger partial charge in [0, 0.05) is 31.6 Å². The first-order valence-corrected chi connectivity index (χ1v) is 11.0. The number of amides is 1. The van der Waals surface area contributed by atoms with Crippen molar-refractivity contribution in [3.63, 3.8) is 0 Å². The van der Waals surface area contributed by atoms with Gasteiger partial charge in [0.05, 0.1) is 22.2 Å². The van der Waals surface area contributed by atoms with Gasteiger partial charge in [-0.1, -0.05) is 30.3 Å². The lowest BCUT2D eigenvalue weighted by molar-refractivity contribution is -0.384. The molecule has 2 fully saturated rings. The summed E-state index contributed by atoms with van der Waals surface area (Å²) in [6.07, 6.45) is 4.02. The Hall–Kier alpha value is -3.42. The van der Waals surface area contributed by atoms with Crippen LogP contribution < -0.4 is 10.2 Å². The van der Waals surface area contributed by atoms with Gasteiger partial charge in [-0.2, -0.15) is 0 Å². The molecule has 1 unspecified atom stereocenters. The quantitative estimate of drug-likeness (QED) is 0.404. The Morgan fingerprint density at radius 2 is 1.88 bits per heavy atom. The summed E-state index contributed by atoms with van der Waals surface area (Å²) >= 11 is 0. The van der Waals surface area contributed by atoms with Gasteiger partial charge in [-0.15, -0.1) is 0 Å². The molecule has 0 bridgehead atoms. The SMILES string of the molecule is O=C1CCC(COC(=O)c2cc([N+](=O)[O-])ccc2N2CCC(Cc3ccccc3)CC2)N1. The van der Waals surface area contributed by atoms with E-state index >= 15 is 0 Å². The third-order valence-corrected chi connectivity index (χ3v) is 6.23. The molecule has 4 rings (SSSR count). The van der Waals surface area contributed by atoms with Gasteiger partial charge < -0.3 is 15.0 Å². The van der Waals surface area contributed by atoms with Gasteiger partial charge in [0.15, 0.2) is 0 Å². The van der Waals surface area contributed by atoms with E-state index in [0.717, 1.165) is 32.4 Å². The third-order valence-electron chi connectivity index (χ3n) is 6.23. The summed E-state index contributed by atoms with van der Waals surface area (Å²) in [6.45, 7) is 1.61. The maximum absolute atomic E-state index is 12.8. The summed E-state index contributed by atoms with van der Waals surface area (Å²) in [6, 6.07) is 14.6. The predicted octanol–water partition coefficient (Wildman–Crippen LogP) is 3.49. The highest BCUT2D eigenvalue weighted by Gasteiger charge is 2.27. The average Bonchev–Trinajstić information content (AvgIpc) is 3.23. The summed E-state index contributed by atoms with van der Waals surface area (Å²) in [4.78, 5) is 37.1. The van der Waals surface area contributed by atoms with Crippen LogP contribution >= 0.6 is 0 Å². The molecular formula is C24H27N3O5. The second kappa shape index (κ2) is 9.80. The van der Waals surface area contributed by atoms with Gasteiger partial charge in [0.2, 0.25) is 5.91 Å². The Kier molecular flexibility index (Phi) is 6.68. The number of piperidine rings is 1. The van der Waals surface area contributed by atoms with Crippen molar-refractivity contribution in [1.29, 1.82) is 0 Å². The summed E-state index contributed by atoms with van der Waals surface area (Å²) in [5, 5.41) is 14.0. The summed E-state index contributed by atoms with van der Waals surface area (Å²) in [5.74, 6) is -0.0928. The minimum atomic E-state index is -0.601. The maximum Gasteiger partial charge on any atom is 0.340 e. The molecule has 0 spiro atoms. The molecule has 2 aromatic rings. The standard InChI is InChI=1S/C24H27N3O5/c28-23-9-6-19(25-23)16-32-24(29)21-15-20(27(30)31)7-8-22(21)26-12-10-18(11-13-26)14-17-4-2-1-3-5-17/h1-5,7-8,15,18-19H,6,9-14,16H2,(H,25,28). The number of carbonyl (C=O) groups is 2. The monoisotopic (exact) mass is 437 g/mol. The molecule has 8 nitrogen and oxygen atoms in total. The first-order valence-electron chi connectivity index (χ1n) is 11.0. The summed E-state index contributed by atoms with van der Waals surface area (Å²) < 4.78 is 5.42. The van der Waals surface area contributed by atoms with Crippen molar-refractivity contribution < 1.29 is 19.2 Å². The van der Waals surface area contributed by atoms with Crippen LogP contribution in [0.15, 0.2) is 48.5 Å². The number of rotatable bonds is 7. The molecule has 0 saturated carbocycles. The van der Waals surface area contributed by atoms with Crippen LogP contribution in [0.3, 0.4) is 0 Å². The number of benzene rings is 2. The molecule has 1 atom stereocenters. The summed E-state index contributed by atoms with van der Waals surface area (Å²) in [5.41, 5.74) is 2.04. The molecule has 0 aromatic heterocycles. The second-order valence-electron chi connectivity index (χ2n) is 8.48. The normalized spacial score (nSPS) is 18.9. The number of nitro benzene ring substituents is 1. The second-order valence-corrected chi connectivity index (χ2v) is 8.48. The van der Waals surface area contributed by atoms with Crippen LogP contribution in [0.4, 0.5) is 11.4 Å². The van der Waals surface area contributed by atoms with Crippen molar-refractivity contribution >= 4 is 23.3 Å². The summed E-state index contributed by atoms with van der Waals surface area (Å²) in [7, 11) is 0. The molecular weight excluding hydrogens is 410 g/mol. The van der Waals surface area contributed by atoms with E-state index in [1.54, 1.807) is 6.07 Å². The van der Waals surface area contributed by atoms with Crippen LogP contribution in [0.1, 0.15) is 41.6 Å². The Morgan fingerprint density at radius 1 is 1.12 bits per heavy atom. The van der Waals surface area contributed by atoms with Crippen LogP contribution in [0.25, 0.3) is 0 Å². The van der Waals surface area contributed by atoms with Crippen molar-refractivity contribution in [3.8, 4) is 0 Å². The lowest BCUT2D eigenvalue weighted by atomic mass is 9.90. The molecule has 1 amide bonds. The molecule has 32 heavy (non-hydrogen) atoms.